The smallest absolute Gasteiger partial charge is 0.238 e. The first-order chi connectivity index (χ1) is 15.2. The summed E-state index contributed by atoms with van der Waals surface area (Å²) in [6.07, 6.45) is 6.13. The van der Waals surface area contributed by atoms with E-state index in [4.69, 9.17) is 18.0 Å². The highest BCUT2D eigenvalue weighted by atomic mass is 32.1. The molecule has 3 fully saturated rings. The van der Waals surface area contributed by atoms with Gasteiger partial charge in [-0.05, 0) is 72.7 Å². The molecule has 2 N–H and O–H groups in total. The van der Waals surface area contributed by atoms with Gasteiger partial charge in [0.15, 0.2) is 0 Å². The molecule has 1 saturated heterocycles. The van der Waals surface area contributed by atoms with E-state index in [1.165, 1.54) is 12.0 Å². The average molecular weight is 463 g/mol. The molecule has 0 amide bonds. The van der Waals surface area contributed by atoms with Crippen molar-refractivity contribution in [1.29, 1.82) is 0 Å². The van der Waals surface area contributed by atoms with Crippen LogP contribution in [0.4, 0.5) is 8.78 Å². The standard InChI is InChI=1S/C27H40F2N2S/c1-26(2)18-31(14-12-23(26)30)25(32)11-10-20-17-27(21-8-4-3-5-9-21)13-6-7-19(16-27)22(20)15-24(28)29/h3-5,8-9,19-20,22-24H,6-7,10-18,30H2,1-2H3/t19?,20?,22?,23-,27?/m0/s1. The third-order valence-electron chi connectivity index (χ3n) is 8.98. The molecule has 2 aliphatic carbocycles. The maximum atomic E-state index is 13.6. The van der Waals surface area contributed by atoms with Crippen molar-refractivity contribution in [3.63, 3.8) is 0 Å². The van der Waals surface area contributed by atoms with E-state index < -0.39 is 6.43 Å². The molecule has 1 heterocycles. The minimum absolute atomic E-state index is 0.0541. The van der Waals surface area contributed by atoms with Crippen LogP contribution in [-0.2, 0) is 5.41 Å². The normalized spacial score (nSPS) is 34.5. The van der Waals surface area contributed by atoms with Gasteiger partial charge in [-0.1, -0.05) is 69.2 Å². The van der Waals surface area contributed by atoms with Crippen molar-refractivity contribution < 1.29 is 8.78 Å². The molecule has 0 aromatic heterocycles. The van der Waals surface area contributed by atoms with E-state index in [1.807, 2.05) is 0 Å². The summed E-state index contributed by atoms with van der Waals surface area (Å²) in [4.78, 5) is 3.34. The maximum absolute atomic E-state index is 13.6. The molecule has 2 saturated carbocycles. The van der Waals surface area contributed by atoms with Crippen molar-refractivity contribution in [2.75, 3.05) is 13.1 Å². The molecule has 1 aromatic carbocycles. The quantitative estimate of drug-likeness (QED) is 0.485. The predicted molar refractivity (Wildman–Crippen MR) is 132 cm³/mol. The Bertz CT molecular complexity index is 783. The summed E-state index contributed by atoms with van der Waals surface area (Å²) in [6.45, 7) is 6.26. The van der Waals surface area contributed by atoms with Gasteiger partial charge in [-0.15, -0.1) is 0 Å². The number of nitrogens with two attached hydrogens (primary N) is 1. The van der Waals surface area contributed by atoms with E-state index in [2.05, 4.69) is 49.1 Å². The number of thiocarbonyl (C=S) groups is 1. The number of likely N-dealkylation sites (tertiary alicyclic amines) is 1. The van der Waals surface area contributed by atoms with Crippen LogP contribution in [-0.4, -0.2) is 35.4 Å². The third kappa shape index (κ3) is 5.04. The van der Waals surface area contributed by atoms with Crippen molar-refractivity contribution in [3.8, 4) is 0 Å². The Kier molecular flexibility index (Phi) is 7.26. The monoisotopic (exact) mass is 462 g/mol. The lowest BCUT2D eigenvalue weighted by Gasteiger charge is -2.53. The number of hydrogen-bond donors (Lipinski definition) is 1. The number of hydrogen-bond acceptors (Lipinski definition) is 2. The topological polar surface area (TPSA) is 29.3 Å². The fraction of sp³-hybridized carbons (Fsp3) is 0.741. The predicted octanol–water partition coefficient (Wildman–Crippen LogP) is 6.57. The lowest BCUT2D eigenvalue weighted by atomic mass is 9.52. The van der Waals surface area contributed by atoms with Crippen LogP contribution < -0.4 is 5.73 Å². The zero-order valence-electron chi connectivity index (χ0n) is 19.7. The highest BCUT2D eigenvalue weighted by molar-refractivity contribution is 7.80. The summed E-state index contributed by atoms with van der Waals surface area (Å²) in [7, 11) is 0. The molecule has 5 atom stereocenters. The Morgan fingerprint density at radius 1 is 1.19 bits per heavy atom. The van der Waals surface area contributed by atoms with Crippen molar-refractivity contribution in [2.45, 2.75) is 89.5 Å². The van der Waals surface area contributed by atoms with E-state index in [-0.39, 0.29) is 29.2 Å². The number of halogens is 2. The van der Waals surface area contributed by atoms with E-state index in [0.717, 1.165) is 63.0 Å². The second-order valence-electron chi connectivity index (χ2n) is 11.5. The molecular weight excluding hydrogens is 422 g/mol. The lowest BCUT2D eigenvalue weighted by molar-refractivity contribution is -0.00499. The first-order valence-corrected chi connectivity index (χ1v) is 13.0. The van der Waals surface area contributed by atoms with Crippen molar-refractivity contribution in [3.05, 3.63) is 35.9 Å². The summed E-state index contributed by atoms with van der Waals surface area (Å²) < 4.78 is 27.2. The minimum Gasteiger partial charge on any atom is -0.366 e. The molecule has 4 unspecified atom stereocenters. The third-order valence-corrected chi connectivity index (χ3v) is 9.44. The summed E-state index contributed by atoms with van der Waals surface area (Å²) in [5, 5.41) is 0. The zero-order valence-corrected chi connectivity index (χ0v) is 20.6. The van der Waals surface area contributed by atoms with Gasteiger partial charge in [0.1, 0.15) is 0 Å². The van der Waals surface area contributed by atoms with Gasteiger partial charge in [0, 0.05) is 25.6 Å². The van der Waals surface area contributed by atoms with E-state index >= 15 is 0 Å². The van der Waals surface area contributed by atoms with Crippen LogP contribution in [0.5, 0.6) is 0 Å². The van der Waals surface area contributed by atoms with Crippen LogP contribution in [0.2, 0.25) is 0 Å². The number of fused-ring (bicyclic) bond motifs is 2. The second-order valence-corrected chi connectivity index (χ2v) is 12.0. The Labute approximate surface area is 198 Å². The van der Waals surface area contributed by atoms with Crippen molar-refractivity contribution in [2.24, 2.45) is 28.9 Å². The molecule has 5 heteroatoms. The Morgan fingerprint density at radius 2 is 1.94 bits per heavy atom. The Morgan fingerprint density at radius 3 is 2.62 bits per heavy atom. The number of benzene rings is 1. The summed E-state index contributed by atoms with van der Waals surface area (Å²) in [6, 6.07) is 11.1. The fourth-order valence-electron chi connectivity index (χ4n) is 7.13. The van der Waals surface area contributed by atoms with Gasteiger partial charge in [0.25, 0.3) is 0 Å². The van der Waals surface area contributed by atoms with Gasteiger partial charge in [0.2, 0.25) is 6.43 Å². The van der Waals surface area contributed by atoms with E-state index in [9.17, 15) is 8.78 Å². The Balaban J connectivity index is 1.49. The molecule has 1 aromatic rings. The summed E-state index contributed by atoms with van der Waals surface area (Å²) in [5.41, 5.74) is 7.94. The number of alkyl halides is 2. The molecule has 4 rings (SSSR count). The first kappa shape index (κ1) is 24.1. The van der Waals surface area contributed by atoms with Gasteiger partial charge in [-0.25, -0.2) is 8.78 Å². The molecular formula is C27H40F2N2S. The largest absolute Gasteiger partial charge is 0.366 e. The molecule has 0 radical (unpaired) electrons. The first-order valence-electron chi connectivity index (χ1n) is 12.6. The maximum Gasteiger partial charge on any atom is 0.238 e. The molecule has 0 spiro atoms. The highest BCUT2D eigenvalue weighted by Gasteiger charge is 2.49. The van der Waals surface area contributed by atoms with Gasteiger partial charge in [-0.2, -0.15) is 0 Å². The SMILES string of the molecule is CC1(C)CN(C(=S)CCC2CC3(c4ccccc4)CCCC(C3)C2CC(F)F)CC[C@@H]1N. The minimum atomic E-state index is -2.22. The van der Waals surface area contributed by atoms with Crippen LogP contribution >= 0.6 is 12.2 Å². The van der Waals surface area contributed by atoms with Gasteiger partial charge < -0.3 is 10.6 Å². The van der Waals surface area contributed by atoms with E-state index in [1.54, 1.807) is 0 Å². The van der Waals surface area contributed by atoms with Crippen LogP contribution in [0, 0.1) is 23.2 Å². The summed E-state index contributed by atoms with van der Waals surface area (Å²) in [5.74, 6) is 0.861. The molecule has 1 aliphatic heterocycles. The van der Waals surface area contributed by atoms with Gasteiger partial charge >= 0.3 is 0 Å². The van der Waals surface area contributed by atoms with E-state index in [0.29, 0.717) is 11.8 Å². The highest BCUT2D eigenvalue weighted by Crippen LogP contribution is 2.56. The zero-order chi connectivity index (χ0) is 22.9. The number of piperidine rings is 1. The molecule has 3 aliphatic rings. The van der Waals surface area contributed by atoms with Crippen LogP contribution in [0.15, 0.2) is 30.3 Å². The average Bonchev–Trinajstić information content (AvgIpc) is 2.76. The Hall–Kier alpha value is -1.07. The molecule has 2 nitrogen and oxygen atoms in total. The van der Waals surface area contributed by atoms with Crippen LogP contribution in [0.25, 0.3) is 0 Å². The lowest BCUT2D eigenvalue weighted by Crippen LogP contribution is -2.53. The fourth-order valence-corrected chi connectivity index (χ4v) is 7.40. The van der Waals surface area contributed by atoms with Gasteiger partial charge in [-0.3, -0.25) is 0 Å². The van der Waals surface area contributed by atoms with Crippen molar-refractivity contribution >= 4 is 17.2 Å². The second kappa shape index (κ2) is 9.66. The van der Waals surface area contributed by atoms with Gasteiger partial charge in [0.05, 0.1) is 4.99 Å². The number of rotatable bonds is 6. The van der Waals surface area contributed by atoms with Crippen molar-refractivity contribution in [1.82, 2.24) is 4.90 Å². The summed E-state index contributed by atoms with van der Waals surface area (Å²) >= 11 is 5.87. The van der Waals surface area contributed by atoms with Crippen LogP contribution in [0.1, 0.15) is 77.2 Å². The molecule has 2 bridgehead atoms. The molecule has 178 valence electrons. The molecule has 32 heavy (non-hydrogen) atoms. The number of nitrogens with zero attached hydrogens (tertiary/aromatic N) is 1. The van der Waals surface area contributed by atoms with Crippen LogP contribution in [0.3, 0.4) is 0 Å².